The third-order valence-corrected chi connectivity index (χ3v) is 9.19. The number of nitrogens with zero attached hydrogens (tertiary/aromatic N) is 5. The van der Waals surface area contributed by atoms with Crippen LogP contribution in [0.15, 0.2) is 30.7 Å². The van der Waals surface area contributed by atoms with Gasteiger partial charge in [-0.05, 0) is 68.8 Å². The van der Waals surface area contributed by atoms with Crippen molar-refractivity contribution in [3.8, 4) is 0 Å². The zero-order valence-electron chi connectivity index (χ0n) is 19.8. The van der Waals surface area contributed by atoms with Crippen molar-refractivity contribution in [2.75, 3.05) is 13.1 Å². The quantitative estimate of drug-likeness (QED) is 0.638. The average molecular weight is 486 g/mol. The molecule has 1 amide bonds. The number of piperidine rings is 1. The van der Waals surface area contributed by atoms with Gasteiger partial charge < -0.3 is 9.80 Å². The van der Waals surface area contributed by atoms with Crippen LogP contribution in [0.5, 0.6) is 0 Å². The summed E-state index contributed by atoms with van der Waals surface area (Å²) in [4.78, 5) is 31.2. The summed E-state index contributed by atoms with van der Waals surface area (Å²) in [6.07, 6.45) is 5.37. The maximum atomic E-state index is 13.8. The zero-order valence-corrected chi connectivity index (χ0v) is 19.8. The first-order valence-electron chi connectivity index (χ1n) is 12.6. The van der Waals surface area contributed by atoms with E-state index in [2.05, 4.69) is 26.8 Å². The van der Waals surface area contributed by atoms with E-state index in [1.807, 2.05) is 11.0 Å². The fraction of sp³-hybridized carbons (Fsp3) is 0.615. The van der Waals surface area contributed by atoms with Crippen LogP contribution in [0.25, 0.3) is 0 Å². The molecule has 0 N–H and O–H groups in total. The van der Waals surface area contributed by atoms with Crippen molar-refractivity contribution in [1.29, 1.82) is 0 Å². The van der Waals surface area contributed by atoms with Crippen LogP contribution >= 0.6 is 0 Å². The average Bonchev–Trinajstić information content (AvgIpc) is 3.40. The van der Waals surface area contributed by atoms with Gasteiger partial charge in [0.25, 0.3) is 0 Å². The second-order valence-electron chi connectivity index (χ2n) is 10.8. The van der Waals surface area contributed by atoms with Crippen LogP contribution in [0.2, 0.25) is 0 Å². The van der Waals surface area contributed by atoms with Crippen molar-refractivity contribution < 1.29 is 18.0 Å². The summed E-state index contributed by atoms with van der Waals surface area (Å²) in [5.74, 6) is 1.60. The van der Waals surface area contributed by atoms with Crippen molar-refractivity contribution in [1.82, 2.24) is 24.8 Å². The number of hydrogen-bond donors (Lipinski definition) is 0. The molecular weight excluding hydrogens is 455 g/mol. The predicted molar refractivity (Wildman–Crippen MR) is 122 cm³/mol. The monoisotopic (exact) mass is 485 g/mol. The van der Waals surface area contributed by atoms with E-state index < -0.39 is 17.2 Å². The van der Waals surface area contributed by atoms with Crippen LogP contribution in [0.4, 0.5) is 13.2 Å². The van der Waals surface area contributed by atoms with Crippen LogP contribution in [0.1, 0.15) is 67.6 Å². The summed E-state index contributed by atoms with van der Waals surface area (Å²) in [6, 6.07) is 3.41. The Kier molecular flexibility index (Phi) is 5.39. The minimum absolute atomic E-state index is 0.0129. The lowest BCUT2D eigenvalue weighted by molar-refractivity contribution is -0.138. The molecule has 35 heavy (non-hydrogen) atoms. The molecule has 0 radical (unpaired) electrons. The normalized spacial score (nSPS) is 31.7. The molecule has 4 atom stereocenters. The van der Waals surface area contributed by atoms with Crippen LogP contribution in [0, 0.1) is 11.3 Å². The number of alkyl halides is 3. The maximum Gasteiger partial charge on any atom is 0.417 e. The molecule has 186 valence electrons. The smallest absolute Gasteiger partial charge is 0.334 e. The fourth-order valence-electron chi connectivity index (χ4n) is 7.15. The summed E-state index contributed by atoms with van der Waals surface area (Å²) in [5.41, 5.74) is 0.0855. The van der Waals surface area contributed by atoms with E-state index in [4.69, 9.17) is 0 Å². The summed E-state index contributed by atoms with van der Waals surface area (Å²) in [7, 11) is 0. The molecule has 1 spiro atoms. The molecule has 0 aromatic carbocycles. The maximum absolute atomic E-state index is 13.8. The lowest BCUT2D eigenvalue weighted by Gasteiger charge is -2.36. The second kappa shape index (κ2) is 8.25. The summed E-state index contributed by atoms with van der Waals surface area (Å²) in [6.45, 7) is 4.36. The first-order chi connectivity index (χ1) is 16.8. The molecule has 6 nitrogen and oxygen atoms in total. The van der Waals surface area contributed by atoms with Gasteiger partial charge in [-0.15, -0.1) is 0 Å². The minimum atomic E-state index is -4.43. The number of carbonyl (C=O) groups is 1. The lowest BCUT2D eigenvalue weighted by atomic mass is 9.73. The molecule has 2 aromatic rings. The molecule has 1 saturated carbocycles. The van der Waals surface area contributed by atoms with Crippen molar-refractivity contribution in [3.05, 3.63) is 53.4 Å². The van der Waals surface area contributed by atoms with Gasteiger partial charge in [-0.1, -0.05) is 6.92 Å². The van der Waals surface area contributed by atoms with Gasteiger partial charge >= 0.3 is 6.18 Å². The Morgan fingerprint density at radius 2 is 1.83 bits per heavy atom. The Hall–Kier alpha value is -2.55. The number of likely N-dealkylation sites (tertiary alicyclic amines) is 1. The fourth-order valence-corrected chi connectivity index (χ4v) is 7.15. The lowest BCUT2D eigenvalue weighted by Crippen LogP contribution is -2.42. The zero-order chi connectivity index (χ0) is 24.4. The summed E-state index contributed by atoms with van der Waals surface area (Å²) >= 11 is 0. The highest BCUT2D eigenvalue weighted by Gasteiger charge is 2.61. The Morgan fingerprint density at radius 3 is 2.54 bits per heavy atom. The van der Waals surface area contributed by atoms with E-state index in [1.165, 1.54) is 6.07 Å². The topological polar surface area (TPSA) is 62.2 Å². The number of amides is 1. The van der Waals surface area contributed by atoms with Gasteiger partial charge in [0.1, 0.15) is 5.82 Å². The molecular formula is C26H30F3N5O. The third kappa shape index (κ3) is 3.74. The summed E-state index contributed by atoms with van der Waals surface area (Å²) < 4.78 is 39.6. The molecule has 3 aliphatic heterocycles. The number of halogens is 3. The molecule has 4 aliphatic rings. The van der Waals surface area contributed by atoms with Gasteiger partial charge in [-0.25, -0.2) is 9.97 Å². The first kappa shape index (κ1) is 22.9. The van der Waals surface area contributed by atoms with Crippen LogP contribution < -0.4 is 0 Å². The number of fused-ring (bicyclic) bond motifs is 2. The Balaban J connectivity index is 1.16. The predicted octanol–water partition coefficient (Wildman–Crippen LogP) is 4.21. The number of hydrogen-bond acceptors (Lipinski definition) is 5. The molecule has 6 rings (SSSR count). The Bertz CT molecular complexity index is 1120. The minimum Gasteiger partial charge on any atom is -0.334 e. The SMILES string of the molecule is CC1C2Cc3ncc(C(F)(F)F)cc3CN2C(=O)[C@]12CCC(N1CCC(c3ncccn3)CC1)C2. The second-order valence-corrected chi connectivity index (χ2v) is 10.8. The van der Waals surface area contributed by atoms with E-state index in [9.17, 15) is 18.0 Å². The van der Waals surface area contributed by atoms with Gasteiger partial charge in [0.2, 0.25) is 5.91 Å². The van der Waals surface area contributed by atoms with Crippen molar-refractivity contribution in [2.24, 2.45) is 11.3 Å². The largest absolute Gasteiger partial charge is 0.417 e. The van der Waals surface area contributed by atoms with Gasteiger partial charge in [0.05, 0.1) is 11.0 Å². The van der Waals surface area contributed by atoms with Gasteiger partial charge in [0, 0.05) is 55.3 Å². The molecule has 3 unspecified atom stereocenters. The number of aromatic nitrogens is 3. The molecule has 3 fully saturated rings. The summed E-state index contributed by atoms with van der Waals surface area (Å²) in [5, 5.41) is 0. The van der Waals surface area contributed by atoms with E-state index in [0.717, 1.165) is 57.2 Å². The van der Waals surface area contributed by atoms with E-state index >= 15 is 0 Å². The van der Waals surface area contributed by atoms with Crippen LogP contribution in [-0.2, 0) is 23.9 Å². The van der Waals surface area contributed by atoms with Crippen molar-refractivity contribution in [2.45, 2.75) is 76.2 Å². The molecule has 0 bridgehead atoms. The molecule has 2 aromatic heterocycles. The van der Waals surface area contributed by atoms with Gasteiger partial charge in [0.15, 0.2) is 0 Å². The van der Waals surface area contributed by atoms with Crippen LogP contribution in [0.3, 0.4) is 0 Å². The number of carbonyl (C=O) groups excluding carboxylic acids is 1. The standard InChI is InChI=1S/C26H30F3N5O/c1-16-22-12-21-18(11-19(14-32-21)26(27,28)29)15-34(22)24(35)25(16)6-3-20(13-25)33-9-4-17(5-10-33)23-30-7-2-8-31-23/h2,7-8,11,14,16-17,20,22H,3-6,9-10,12-13,15H2,1H3/t16?,20?,22?,25-/m0/s1. The van der Waals surface area contributed by atoms with Gasteiger partial charge in [-0.3, -0.25) is 9.78 Å². The van der Waals surface area contributed by atoms with E-state index in [0.29, 0.717) is 29.6 Å². The van der Waals surface area contributed by atoms with E-state index in [1.54, 1.807) is 12.4 Å². The Labute approximate surface area is 203 Å². The first-order valence-corrected chi connectivity index (χ1v) is 12.6. The highest BCUT2D eigenvalue weighted by Crippen LogP contribution is 2.55. The molecule has 2 saturated heterocycles. The molecule has 9 heteroatoms. The Morgan fingerprint density at radius 1 is 1.09 bits per heavy atom. The van der Waals surface area contributed by atoms with Crippen LogP contribution in [-0.4, -0.2) is 55.8 Å². The van der Waals surface area contributed by atoms with Gasteiger partial charge in [-0.2, -0.15) is 13.2 Å². The number of rotatable bonds is 2. The highest BCUT2D eigenvalue weighted by atomic mass is 19.4. The highest BCUT2D eigenvalue weighted by molar-refractivity contribution is 5.87. The third-order valence-electron chi connectivity index (χ3n) is 9.19. The molecule has 1 aliphatic carbocycles. The van der Waals surface area contributed by atoms with Crippen molar-refractivity contribution >= 4 is 5.91 Å². The molecule has 5 heterocycles. The van der Waals surface area contributed by atoms with Crippen molar-refractivity contribution in [3.63, 3.8) is 0 Å². The van der Waals surface area contributed by atoms with E-state index in [-0.39, 0.29) is 24.4 Å². The number of pyridine rings is 1.